The van der Waals surface area contributed by atoms with Crippen LogP contribution in [-0.2, 0) is 4.79 Å². The molecule has 0 aliphatic rings. The van der Waals surface area contributed by atoms with Crippen molar-refractivity contribution in [2.45, 2.75) is 20.8 Å². The van der Waals surface area contributed by atoms with Gasteiger partial charge in [0.25, 0.3) is 0 Å². The second-order valence-corrected chi connectivity index (χ2v) is 5.16. The SMILES string of the molecule is Cc1[nH]nc(-c2ccc(Cl)cc2)c1NC(=O)C(C)C. The van der Waals surface area contributed by atoms with Crippen LogP contribution in [0.2, 0.25) is 5.02 Å². The molecule has 1 aromatic carbocycles. The smallest absolute Gasteiger partial charge is 0.227 e. The van der Waals surface area contributed by atoms with Gasteiger partial charge in [-0.2, -0.15) is 5.10 Å². The first-order valence-corrected chi connectivity index (χ1v) is 6.48. The number of carbonyl (C=O) groups is 1. The third-order valence-electron chi connectivity index (χ3n) is 2.84. The lowest BCUT2D eigenvalue weighted by Crippen LogP contribution is -2.18. The molecule has 100 valence electrons. The number of rotatable bonds is 3. The topological polar surface area (TPSA) is 57.8 Å². The second-order valence-electron chi connectivity index (χ2n) is 4.72. The number of anilines is 1. The van der Waals surface area contributed by atoms with Gasteiger partial charge >= 0.3 is 0 Å². The number of hydrogen-bond acceptors (Lipinski definition) is 2. The van der Waals surface area contributed by atoms with Crippen LogP contribution >= 0.6 is 11.6 Å². The van der Waals surface area contributed by atoms with E-state index in [0.717, 1.165) is 22.6 Å². The molecule has 0 aliphatic carbocycles. The van der Waals surface area contributed by atoms with Crippen LogP contribution in [0.4, 0.5) is 5.69 Å². The van der Waals surface area contributed by atoms with Crippen LogP contribution in [0, 0.1) is 12.8 Å². The van der Waals surface area contributed by atoms with E-state index in [1.54, 1.807) is 12.1 Å². The van der Waals surface area contributed by atoms with Crippen molar-refractivity contribution in [3.63, 3.8) is 0 Å². The number of nitrogens with one attached hydrogen (secondary N) is 2. The Morgan fingerprint density at radius 2 is 1.95 bits per heavy atom. The zero-order chi connectivity index (χ0) is 14.0. The number of H-pyrrole nitrogens is 1. The van der Waals surface area contributed by atoms with E-state index in [1.807, 2.05) is 32.9 Å². The minimum Gasteiger partial charge on any atom is -0.322 e. The highest BCUT2D eigenvalue weighted by molar-refractivity contribution is 6.30. The van der Waals surface area contributed by atoms with E-state index in [2.05, 4.69) is 15.5 Å². The van der Waals surface area contributed by atoms with Crippen molar-refractivity contribution in [1.29, 1.82) is 0 Å². The summed E-state index contributed by atoms with van der Waals surface area (Å²) in [5, 5.41) is 10.7. The molecule has 5 heteroatoms. The zero-order valence-electron chi connectivity index (χ0n) is 11.1. The average molecular weight is 278 g/mol. The molecule has 1 amide bonds. The molecule has 0 spiro atoms. The lowest BCUT2D eigenvalue weighted by atomic mass is 10.1. The molecule has 0 saturated carbocycles. The lowest BCUT2D eigenvalue weighted by molar-refractivity contribution is -0.118. The molecule has 0 atom stereocenters. The van der Waals surface area contributed by atoms with Gasteiger partial charge in [0, 0.05) is 16.5 Å². The van der Waals surface area contributed by atoms with Gasteiger partial charge in [0.15, 0.2) is 0 Å². The Hall–Kier alpha value is -1.81. The summed E-state index contributed by atoms with van der Waals surface area (Å²) < 4.78 is 0. The summed E-state index contributed by atoms with van der Waals surface area (Å²) in [7, 11) is 0. The summed E-state index contributed by atoms with van der Waals surface area (Å²) >= 11 is 5.87. The molecule has 2 rings (SSSR count). The third kappa shape index (κ3) is 2.96. The van der Waals surface area contributed by atoms with E-state index in [-0.39, 0.29) is 11.8 Å². The predicted molar refractivity (Wildman–Crippen MR) is 77.2 cm³/mol. The highest BCUT2D eigenvalue weighted by Crippen LogP contribution is 2.29. The van der Waals surface area contributed by atoms with Crippen LogP contribution in [0.3, 0.4) is 0 Å². The van der Waals surface area contributed by atoms with Gasteiger partial charge in [0.2, 0.25) is 5.91 Å². The van der Waals surface area contributed by atoms with Crippen LogP contribution in [0.15, 0.2) is 24.3 Å². The van der Waals surface area contributed by atoms with Gasteiger partial charge in [-0.3, -0.25) is 9.89 Å². The lowest BCUT2D eigenvalue weighted by Gasteiger charge is -2.09. The van der Waals surface area contributed by atoms with Crippen LogP contribution < -0.4 is 5.32 Å². The van der Waals surface area contributed by atoms with Crippen LogP contribution in [0.25, 0.3) is 11.3 Å². The van der Waals surface area contributed by atoms with Crippen molar-refractivity contribution >= 4 is 23.2 Å². The largest absolute Gasteiger partial charge is 0.322 e. The Kier molecular flexibility index (Phi) is 3.90. The Balaban J connectivity index is 2.37. The van der Waals surface area contributed by atoms with Gasteiger partial charge in [-0.25, -0.2) is 0 Å². The van der Waals surface area contributed by atoms with Crippen molar-refractivity contribution in [3.05, 3.63) is 35.0 Å². The molecule has 0 unspecified atom stereocenters. The van der Waals surface area contributed by atoms with Gasteiger partial charge in [0.1, 0.15) is 5.69 Å². The molecule has 0 radical (unpaired) electrons. The Labute approximate surface area is 117 Å². The summed E-state index contributed by atoms with van der Waals surface area (Å²) in [6.07, 6.45) is 0. The number of benzene rings is 1. The number of aromatic nitrogens is 2. The van der Waals surface area contributed by atoms with Gasteiger partial charge in [-0.15, -0.1) is 0 Å². The number of amides is 1. The third-order valence-corrected chi connectivity index (χ3v) is 3.09. The molecule has 0 bridgehead atoms. The predicted octanol–water partition coefficient (Wildman–Crippen LogP) is 3.63. The van der Waals surface area contributed by atoms with Gasteiger partial charge in [-0.05, 0) is 19.1 Å². The van der Waals surface area contributed by atoms with E-state index in [1.165, 1.54) is 0 Å². The molecule has 0 fully saturated rings. The number of carbonyl (C=O) groups excluding carboxylic acids is 1. The van der Waals surface area contributed by atoms with E-state index in [4.69, 9.17) is 11.6 Å². The van der Waals surface area contributed by atoms with Gasteiger partial charge < -0.3 is 5.32 Å². The van der Waals surface area contributed by atoms with Crippen LogP contribution in [0.1, 0.15) is 19.5 Å². The van der Waals surface area contributed by atoms with E-state index in [9.17, 15) is 4.79 Å². The minimum absolute atomic E-state index is 0.0280. The number of nitrogens with zero attached hydrogens (tertiary/aromatic N) is 1. The zero-order valence-corrected chi connectivity index (χ0v) is 11.9. The highest BCUT2D eigenvalue weighted by Gasteiger charge is 2.16. The second kappa shape index (κ2) is 5.45. The molecule has 1 heterocycles. The Bertz CT molecular complexity index is 587. The molecule has 2 N–H and O–H groups in total. The molecular formula is C14H16ClN3O. The number of aryl methyl sites for hydroxylation is 1. The van der Waals surface area contributed by atoms with Crippen LogP contribution in [-0.4, -0.2) is 16.1 Å². The molecule has 19 heavy (non-hydrogen) atoms. The summed E-state index contributed by atoms with van der Waals surface area (Å²) in [5.74, 6) is -0.105. The van der Waals surface area contributed by atoms with E-state index in [0.29, 0.717) is 5.02 Å². The summed E-state index contributed by atoms with van der Waals surface area (Å²) in [5.41, 5.74) is 3.19. The molecule has 0 aliphatic heterocycles. The molecule has 4 nitrogen and oxygen atoms in total. The first-order valence-electron chi connectivity index (χ1n) is 6.11. The number of aromatic amines is 1. The number of halogens is 1. The monoisotopic (exact) mass is 277 g/mol. The van der Waals surface area contributed by atoms with Crippen molar-refractivity contribution in [2.24, 2.45) is 5.92 Å². The quantitative estimate of drug-likeness (QED) is 0.900. The Morgan fingerprint density at radius 1 is 1.32 bits per heavy atom. The Morgan fingerprint density at radius 3 is 2.53 bits per heavy atom. The molecular weight excluding hydrogens is 262 g/mol. The maximum atomic E-state index is 11.8. The van der Waals surface area contributed by atoms with E-state index >= 15 is 0 Å². The van der Waals surface area contributed by atoms with Crippen molar-refractivity contribution in [3.8, 4) is 11.3 Å². The fourth-order valence-corrected chi connectivity index (χ4v) is 1.79. The normalized spacial score (nSPS) is 10.8. The fourth-order valence-electron chi connectivity index (χ4n) is 1.67. The molecule has 0 saturated heterocycles. The van der Waals surface area contributed by atoms with Crippen LogP contribution in [0.5, 0.6) is 0 Å². The highest BCUT2D eigenvalue weighted by atomic mass is 35.5. The van der Waals surface area contributed by atoms with Crippen molar-refractivity contribution in [1.82, 2.24) is 10.2 Å². The average Bonchev–Trinajstić information content (AvgIpc) is 2.72. The van der Waals surface area contributed by atoms with Gasteiger partial charge in [0.05, 0.1) is 11.4 Å². The number of hydrogen-bond donors (Lipinski definition) is 2. The minimum atomic E-state index is -0.0765. The fraction of sp³-hybridized carbons (Fsp3) is 0.286. The molecule has 1 aromatic heterocycles. The van der Waals surface area contributed by atoms with Crippen molar-refractivity contribution < 1.29 is 4.79 Å². The molecule has 2 aromatic rings. The summed E-state index contributed by atoms with van der Waals surface area (Å²) in [4.78, 5) is 11.8. The van der Waals surface area contributed by atoms with Gasteiger partial charge in [-0.1, -0.05) is 37.6 Å². The van der Waals surface area contributed by atoms with E-state index < -0.39 is 0 Å². The summed E-state index contributed by atoms with van der Waals surface area (Å²) in [6, 6.07) is 7.36. The summed E-state index contributed by atoms with van der Waals surface area (Å²) in [6.45, 7) is 5.59. The first kappa shape index (κ1) is 13.6. The maximum Gasteiger partial charge on any atom is 0.227 e. The maximum absolute atomic E-state index is 11.8. The first-order chi connectivity index (χ1) is 8.99. The van der Waals surface area contributed by atoms with Crippen molar-refractivity contribution in [2.75, 3.05) is 5.32 Å². The standard InChI is InChI=1S/C14H16ClN3O/c1-8(2)14(19)16-12-9(3)17-18-13(12)10-4-6-11(15)7-5-10/h4-8H,1-3H3,(H,16,19)(H,17,18).